The second-order valence-electron chi connectivity index (χ2n) is 3.52. The molecule has 102 valence electrons. The van der Waals surface area contributed by atoms with Crippen LogP contribution in [0, 0.1) is 0 Å². The topological polar surface area (TPSA) is 122 Å². The second-order valence-corrected chi connectivity index (χ2v) is 3.52. The Labute approximate surface area is 109 Å². The minimum absolute atomic E-state index is 0.217. The summed E-state index contributed by atoms with van der Waals surface area (Å²) in [7, 11) is 1.30. The van der Waals surface area contributed by atoms with E-state index in [4.69, 9.17) is 5.53 Å². The number of carbonyl (C=O) groups is 2. The van der Waals surface area contributed by atoms with Gasteiger partial charge in [-0.3, -0.25) is 9.48 Å². The number of nitrogens with one attached hydrogen (secondary N) is 1. The van der Waals surface area contributed by atoms with Gasteiger partial charge in [0.25, 0.3) is 0 Å². The van der Waals surface area contributed by atoms with Gasteiger partial charge in [0.2, 0.25) is 5.91 Å². The van der Waals surface area contributed by atoms with Gasteiger partial charge < -0.3 is 10.1 Å². The van der Waals surface area contributed by atoms with Crippen LogP contribution in [0.1, 0.15) is 16.9 Å². The number of rotatable bonds is 7. The molecule has 1 heterocycles. The predicted molar refractivity (Wildman–Crippen MR) is 65.2 cm³/mol. The lowest BCUT2D eigenvalue weighted by Gasteiger charge is -2.06. The summed E-state index contributed by atoms with van der Waals surface area (Å²) >= 11 is 0. The van der Waals surface area contributed by atoms with Crippen LogP contribution >= 0.6 is 0 Å². The van der Waals surface area contributed by atoms with Crippen molar-refractivity contribution in [3.63, 3.8) is 0 Å². The molecule has 19 heavy (non-hydrogen) atoms. The van der Waals surface area contributed by atoms with E-state index in [0.717, 1.165) is 0 Å². The number of esters is 1. The van der Waals surface area contributed by atoms with Gasteiger partial charge >= 0.3 is 5.97 Å². The number of azide groups is 1. The van der Waals surface area contributed by atoms with Crippen LogP contribution in [-0.2, 0) is 16.1 Å². The molecule has 0 aliphatic carbocycles. The molecular formula is C10H14N6O3. The van der Waals surface area contributed by atoms with Gasteiger partial charge in [-0.2, -0.15) is 5.10 Å². The lowest BCUT2D eigenvalue weighted by Crippen LogP contribution is -2.27. The third-order valence-corrected chi connectivity index (χ3v) is 2.26. The van der Waals surface area contributed by atoms with Crippen molar-refractivity contribution in [1.29, 1.82) is 0 Å². The molecule has 0 unspecified atom stereocenters. The normalized spacial score (nSPS) is 9.53. The molecule has 9 heteroatoms. The molecule has 1 N–H and O–H groups in total. The first kappa shape index (κ1) is 14.5. The van der Waals surface area contributed by atoms with E-state index in [2.05, 4.69) is 25.2 Å². The molecule has 0 spiro atoms. The van der Waals surface area contributed by atoms with Crippen LogP contribution in [-0.4, -0.2) is 41.9 Å². The summed E-state index contributed by atoms with van der Waals surface area (Å²) in [5.74, 6) is -0.795. The summed E-state index contributed by atoms with van der Waals surface area (Å²) in [6.45, 7) is 0.658. The molecule has 0 bridgehead atoms. The lowest BCUT2D eigenvalue weighted by molar-refractivity contribution is -0.119. The largest absolute Gasteiger partial charge is 0.464 e. The Morgan fingerprint density at radius 3 is 3.11 bits per heavy atom. The Bertz CT molecular complexity index is 491. The van der Waals surface area contributed by atoms with Crippen LogP contribution in [0.3, 0.4) is 0 Å². The number of aromatic nitrogens is 2. The van der Waals surface area contributed by atoms with Crippen molar-refractivity contribution < 1.29 is 14.3 Å². The van der Waals surface area contributed by atoms with Crippen LogP contribution in [0.2, 0.25) is 0 Å². The molecule has 0 saturated carbocycles. The highest BCUT2D eigenvalue weighted by atomic mass is 16.5. The van der Waals surface area contributed by atoms with E-state index in [9.17, 15) is 9.59 Å². The number of methoxy groups -OCH3 is 1. The highest BCUT2D eigenvalue weighted by Gasteiger charge is 2.11. The smallest absolute Gasteiger partial charge is 0.356 e. The third-order valence-electron chi connectivity index (χ3n) is 2.26. The van der Waals surface area contributed by atoms with E-state index < -0.39 is 5.97 Å². The monoisotopic (exact) mass is 266 g/mol. The summed E-state index contributed by atoms with van der Waals surface area (Å²) in [5, 5.41) is 9.71. The molecule has 9 nitrogen and oxygen atoms in total. The highest BCUT2D eigenvalue weighted by molar-refractivity contribution is 5.87. The first-order valence-electron chi connectivity index (χ1n) is 5.56. The van der Waals surface area contributed by atoms with Crippen LogP contribution in [0.15, 0.2) is 17.4 Å². The molecule has 1 amide bonds. The maximum absolute atomic E-state index is 11.4. The summed E-state index contributed by atoms with van der Waals surface area (Å²) in [5.41, 5.74) is 8.40. The van der Waals surface area contributed by atoms with Gasteiger partial charge in [-0.1, -0.05) is 5.11 Å². The van der Waals surface area contributed by atoms with Crippen molar-refractivity contribution in [3.05, 3.63) is 28.4 Å². The number of carbonyl (C=O) groups excluding carboxylic acids is 2. The van der Waals surface area contributed by atoms with E-state index in [1.807, 2.05) is 0 Å². The number of hydrogen-bond acceptors (Lipinski definition) is 5. The van der Waals surface area contributed by atoms with Crippen LogP contribution in [0.25, 0.3) is 10.4 Å². The van der Waals surface area contributed by atoms with Gasteiger partial charge in [-0.25, -0.2) is 4.79 Å². The Morgan fingerprint density at radius 2 is 2.42 bits per heavy atom. The molecule has 0 aliphatic heterocycles. The van der Waals surface area contributed by atoms with Crippen molar-refractivity contribution >= 4 is 11.9 Å². The molecule has 0 aromatic carbocycles. The zero-order valence-corrected chi connectivity index (χ0v) is 10.4. The molecule has 0 radical (unpaired) electrons. The van der Waals surface area contributed by atoms with Crippen LogP contribution < -0.4 is 5.32 Å². The Balaban J connectivity index is 2.34. The van der Waals surface area contributed by atoms with Crippen molar-refractivity contribution in [2.75, 3.05) is 20.2 Å². The van der Waals surface area contributed by atoms with E-state index in [1.165, 1.54) is 18.0 Å². The number of aryl methyl sites for hydroxylation is 1. The summed E-state index contributed by atoms with van der Waals surface area (Å²) < 4.78 is 6.11. The minimum atomic E-state index is -0.454. The average molecular weight is 266 g/mol. The first-order valence-corrected chi connectivity index (χ1v) is 5.56. The van der Waals surface area contributed by atoms with E-state index in [1.54, 1.807) is 6.07 Å². The quantitative estimate of drug-likeness (QED) is 0.253. The number of nitrogens with zero attached hydrogens (tertiary/aromatic N) is 5. The first-order chi connectivity index (χ1) is 9.19. The molecular weight excluding hydrogens is 252 g/mol. The van der Waals surface area contributed by atoms with E-state index in [-0.39, 0.29) is 12.5 Å². The lowest BCUT2D eigenvalue weighted by atomic mass is 10.4. The summed E-state index contributed by atoms with van der Waals surface area (Å²) in [6, 6.07) is 1.56. The third kappa shape index (κ3) is 4.68. The predicted octanol–water partition coefficient (Wildman–Crippen LogP) is 0.486. The fourth-order valence-electron chi connectivity index (χ4n) is 1.40. The Kier molecular flexibility index (Phi) is 5.90. The Hall–Kier alpha value is -2.54. The fourth-order valence-corrected chi connectivity index (χ4v) is 1.40. The molecule has 0 atom stereocenters. The van der Waals surface area contributed by atoms with Crippen molar-refractivity contribution in [2.24, 2.45) is 5.11 Å². The van der Waals surface area contributed by atoms with E-state index >= 15 is 0 Å². The number of hydrogen-bond donors (Lipinski definition) is 1. The number of ether oxygens (including phenoxy) is 1. The zero-order valence-electron chi connectivity index (χ0n) is 10.4. The highest BCUT2D eigenvalue weighted by Crippen LogP contribution is 2.01. The maximum Gasteiger partial charge on any atom is 0.356 e. The molecule has 1 aromatic heterocycles. The zero-order chi connectivity index (χ0) is 14.1. The van der Waals surface area contributed by atoms with E-state index in [0.29, 0.717) is 25.2 Å². The van der Waals surface area contributed by atoms with Gasteiger partial charge in [0.05, 0.1) is 7.11 Å². The Morgan fingerprint density at radius 1 is 1.63 bits per heavy atom. The molecule has 1 rings (SSSR count). The maximum atomic E-state index is 11.4. The van der Waals surface area contributed by atoms with Crippen molar-refractivity contribution in [1.82, 2.24) is 15.1 Å². The minimum Gasteiger partial charge on any atom is -0.464 e. The van der Waals surface area contributed by atoms with Gasteiger partial charge in [0.1, 0.15) is 12.2 Å². The fraction of sp³-hybridized carbons (Fsp3) is 0.500. The molecule has 1 aromatic rings. The second kappa shape index (κ2) is 7.72. The summed E-state index contributed by atoms with van der Waals surface area (Å²) in [4.78, 5) is 25.0. The SMILES string of the molecule is COC(=O)c1ccnn1CCCNC(=O)CN=[N+]=[N-]. The van der Waals surface area contributed by atoms with Gasteiger partial charge in [-0.15, -0.1) is 0 Å². The molecule has 0 aliphatic rings. The van der Waals surface area contributed by atoms with Crippen molar-refractivity contribution in [2.45, 2.75) is 13.0 Å². The average Bonchev–Trinajstić information content (AvgIpc) is 2.88. The summed E-state index contributed by atoms with van der Waals surface area (Å²) in [6.07, 6.45) is 2.10. The molecule has 0 fully saturated rings. The van der Waals surface area contributed by atoms with Gasteiger partial charge in [0, 0.05) is 24.2 Å². The van der Waals surface area contributed by atoms with Gasteiger partial charge in [-0.05, 0) is 18.0 Å². The molecule has 0 saturated heterocycles. The van der Waals surface area contributed by atoms with Gasteiger partial charge in [0.15, 0.2) is 0 Å². The van der Waals surface area contributed by atoms with Crippen LogP contribution in [0.5, 0.6) is 0 Å². The van der Waals surface area contributed by atoms with Crippen molar-refractivity contribution in [3.8, 4) is 0 Å². The standard InChI is InChI=1S/C10H14N6O3/c1-19-10(18)8-3-5-14-16(8)6-2-4-12-9(17)7-13-15-11/h3,5H,2,4,6-7H2,1H3,(H,12,17). The number of amides is 1. The van der Waals surface area contributed by atoms with Crippen LogP contribution in [0.4, 0.5) is 0 Å².